The number of pyridine rings is 4. The molecule has 274 valence electrons. The lowest BCUT2D eigenvalue weighted by atomic mass is 9.92. The van der Waals surface area contributed by atoms with Crippen LogP contribution < -0.4 is 0 Å². The predicted octanol–water partition coefficient (Wildman–Crippen LogP) is 14.1. The van der Waals surface area contributed by atoms with Gasteiger partial charge in [0.05, 0.1) is 28.3 Å². The Morgan fingerprint density at radius 1 is 0.339 bits per heavy atom. The topological polar surface area (TPSA) is 64.7 Å². The smallest absolute Gasteiger partial charge is 0.162 e. The van der Waals surface area contributed by atoms with Gasteiger partial charge in [-0.25, -0.2) is 9.97 Å². The minimum Gasteiger partial charge on any atom is -0.454 e. The van der Waals surface area contributed by atoms with Gasteiger partial charge in [-0.3, -0.25) is 9.97 Å². The minimum atomic E-state index is 0.792. The third kappa shape index (κ3) is 5.40. The molecule has 7 aromatic carbocycles. The molecule has 0 N–H and O–H groups in total. The highest BCUT2D eigenvalue weighted by Crippen LogP contribution is 2.44. The summed E-state index contributed by atoms with van der Waals surface area (Å²) in [6, 6.07) is 63.7. The molecule has 0 aliphatic rings. The first-order valence-corrected chi connectivity index (χ1v) is 19.8. The van der Waals surface area contributed by atoms with E-state index in [2.05, 4.69) is 143 Å². The average molecular weight is 753 g/mol. The van der Waals surface area contributed by atoms with Gasteiger partial charge in [-0.1, -0.05) is 133 Å². The van der Waals surface area contributed by atoms with Gasteiger partial charge < -0.3 is 4.42 Å². The van der Waals surface area contributed by atoms with Crippen molar-refractivity contribution in [1.82, 2.24) is 19.9 Å². The Kier molecular flexibility index (Phi) is 7.47. The summed E-state index contributed by atoms with van der Waals surface area (Å²) >= 11 is 0. The van der Waals surface area contributed by atoms with E-state index in [0.29, 0.717) is 0 Å². The van der Waals surface area contributed by atoms with Gasteiger partial charge in [0.25, 0.3) is 0 Å². The van der Waals surface area contributed by atoms with E-state index in [4.69, 9.17) is 14.4 Å². The van der Waals surface area contributed by atoms with Gasteiger partial charge in [-0.15, -0.1) is 0 Å². The number of nitrogens with zero attached hydrogens (tertiary/aromatic N) is 4. The third-order valence-corrected chi connectivity index (χ3v) is 11.6. The van der Waals surface area contributed by atoms with Crippen LogP contribution in [0.25, 0.3) is 121 Å². The molecule has 0 unspecified atom stereocenters. The van der Waals surface area contributed by atoms with E-state index in [1.807, 2.05) is 48.5 Å². The van der Waals surface area contributed by atoms with Crippen molar-refractivity contribution in [2.75, 3.05) is 0 Å². The van der Waals surface area contributed by atoms with E-state index < -0.39 is 0 Å². The summed E-state index contributed by atoms with van der Waals surface area (Å²) in [4.78, 5) is 19.7. The second-order valence-corrected chi connectivity index (χ2v) is 14.9. The number of furan rings is 1. The van der Waals surface area contributed by atoms with Crippen molar-refractivity contribution < 1.29 is 4.42 Å². The highest BCUT2D eigenvalue weighted by atomic mass is 16.3. The number of fused-ring (bicyclic) bond motifs is 11. The molecule has 0 aliphatic heterocycles. The summed E-state index contributed by atoms with van der Waals surface area (Å²) in [5.41, 5.74) is 11.9. The highest BCUT2D eigenvalue weighted by molar-refractivity contribution is 6.27. The zero-order valence-corrected chi connectivity index (χ0v) is 31.7. The van der Waals surface area contributed by atoms with E-state index in [-0.39, 0.29) is 0 Å². The normalized spacial score (nSPS) is 11.7. The summed E-state index contributed by atoms with van der Waals surface area (Å²) < 4.78 is 6.73. The number of hydrogen-bond acceptors (Lipinski definition) is 5. The monoisotopic (exact) mass is 752 g/mol. The van der Waals surface area contributed by atoms with Crippen LogP contribution in [0.5, 0.6) is 0 Å². The number of rotatable bonds is 5. The Bertz CT molecular complexity index is 3500. The van der Waals surface area contributed by atoms with Crippen LogP contribution in [0, 0.1) is 0 Å². The fraction of sp³-hybridized carbons (Fsp3) is 0. The third-order valence-electron chi connectivity index (χ3n) is 11.6. The zero-order chi connectivity index (χ0) is 38.9. The Morgan fingerprint density at radius 3 is 1.53 bits per heavy atom. The van der Waals surface area contributed by atoms with Crippen LogP contribution >= 0.6 is 0 Å². The van der Waals surface area contributed by atoms with Crippen LogP contribution in [0.4, 0.5) is 0 Å². The molecule has 12 aromatic rings. The highest BCUT2D eigenvalue weighted by Gasteiger charge is 2.21. The average Bonchev–Trinajstić information content (AvgIpc) is 3.72. The van der Waals surface area contributed by atoms with Gasteiger partial charge >= 0.3 is 0 Å². The lowest BCUT2D eigenvalue weighted by Gasteiger charge is -2.14. The Balaban J connectivity index is 1.05. The molecule has 5 nitrogen and oxygen atoms in total. The molecule has 0 bridgehead atoms. The van der Waals surface area contributed by atoms with Gasteiger partial charge in [0.2, 0.25) is 0 Å². The molecule has 0 atom stereocenters. The molecule has 0 saturated heterocycles. The lowest BCUT2D eigenvalue weighted by Crippen LogP contribution is -1.94. The molecule has 0 saturated carbocycles. The number of aromatic nitrogens is 4. The summed E-state index contributed by atoms with van der Waals surface area (Å²) in [5, 5.41) is 10.6. The quantitative estimate of drug-likeness (QED) is 0.164. The maximum Gasteiger partial charge on any atom is 0.162 e. The fourth-order valence-electron chi connectivity index (χ4n) is 8.82. The maximum absolute atomic E-state index is 6.73. The molecule has 5 heterocycles. The second kappa shape index (κ2) is 13.3. The van der Waals surface area contributed by atoms with E-state index in [1.165, 1.54) is 32.3 Å². The molecule has 0 amide bonds. The van der Waals surface area contributed by atoms with Crippen LogP contribution in [-0.4, -0.2) is 19.9 Å². The van der Waals surface area contributed by atoms with Gasteiger partial charge in [-0.05, 0) is 97.5 Å². The van der Waals surface area contributed by atoms with Crippen molar-refractivity contribution in [3.63, 3.8) is 0 Å². The molecule has 0 fully saturated rings. The van der Waals surface area contributed by atoms with Gasteiger partial charge in [-0.2, -0.15) is 0 Å². The molecule has 0 radical (unpaired) electrons. The summed E-state index contributed by atoms with van der Waals surface area (Å²) in [6.07, 6.45) is 3.60. The van der Waals surface area contributed by atoms with E-state index in [0.717, 1.165) is 89.1 Å². The van der Waals surface area contributed by atoms with E-state index >= 15 is 0 Å². The van der Waals surface area contributed by atoms with Crippen molar-refractivity contribution in [3.8, 4) is 56.3 Å². The first-order valence-electron chi connectivity index (χ1n) is 19.8. The molecular formula is C54H32N4O. The van der Waals surface area contributed by atoms with Crippen molar-refractivity contribution >= 4 is 65.2 Å². The van der Waals surface area contributed by atoms with Crippen molar-refractivity contribution in [1.29, 1.82) is 0 Å². The fourth-order valence-corrected chi connectivity index (χ4v) is 8.82. The molecular weight excluding hydrogens is 721 g/mol. The van der Waals surface area contributed by atoms with E-state index in [1.54, 1.807) is 12.4 Å². The van der Waals surface area contributed by atoms with Crippen LogP contribution in [0.3, 0.4) is 0 Å². The molecule has 59 heavy (non-hydrogen) atoms. The Labute approximate surface area is 338 Å². The summed E-state index contributed by atoms with van der Waals surface area (Å²) in [6.45, 7) is 0. The standard InChI is InChI=1S/C54H32N4O/c1-2-14-40-38(12-1)39-13-3-4-15-41(39)45-30-35(26-27-42(40)45)52-54-51(43-16-5-6-21-50(43)59-54)44-18-11-17-37(53(44)58-52)34-24-22-33(23-25-34)36-31-48(46-19-7-9-28-55-46)57-49(32-36)47-20-8-10-29-56-47/h1-32H. The van der Waals surface area contributed by atoms with Crippen LogP contribution in [0.15, 0.2) is 199 Å². The Morgan fingerprint density at radius 2 is 0.881 bits per heavy atom. The first kappa shape index (κ1) is 33.2. The van der Waals surface area contributed by atoms with E-state index in [9.17, 15) is 0 Å². The van der Waals surface area contributed by atoms with Gasteiger partial charge in [0.15, 0.2) is 5.58 Å². The maximum atomic E-state index is 6.73. The Hall–Kier alpha value is -8.02. The van der Waals surface area contributed by atoms with Gasteiger partial charge in [0, 0.05) is 39.7 Å². The number of para-hydroxylation sites is 2. The molecule has 5 aromatic heterocycles. The summed E-state index contributed by atoms with van der Waals surface area (Å²) in [5.74, 6) is 0. The van der Waals surface area contributed by atoms with Crippen molar-refractivity contribution in [3.05, 3.63) is 194 Å². The second-order valence-electron chi connectivity index (χ2n) is 14.9. The van der Waals surface area contributed by atoms with Crippen molar-refractivity contribution in [2.24, 2.45) is 0 Å². The van der Waals surface area contributed by atoms with Gasteiger partial charge in [0.1, 0.15) is 11.3 Å². The zero-order valence-electron chi connectivity index (χ0n) is 31.7. The van der Waals surface area contributed by atoms with Crippen LogP contribution in [0.2, 0.25) is 0 Å². The number of hydrogen-bond donors (Lipinski definition) is 0. The summed E-state index contributed by atoms with van der Waals surface area (Å²) in [7, 11) is 0. The number of benzene rings is 7. The van der Waals surface area contributed by atoms with Crippen LogP contribution in [-0.2, 0) is 0 Å². The first-order chi connectivity index (χ1) is 29.2. The SMILES string of the molecule is c1ccc(-c2cc(-c3ccc(-c4cccc5c4nc(-c4ccc6c7ccccc7c7ccccc7c6c4)c4oc6ccccc6c45)cc3)cc(-c3ccccn3)n2)nc1. The predicted molar refractivity (Wildman–Crippen MR) is 242 cm³/mol. The largest absolute Gasteiger partial charge is 0.454 e. The lowest BCUT2D eigenvalue weighted by molar-refractivity contribution is 0.669. The molecule has 12 rings (SSSR count). The minimum absolute atomic E-state index is 0.792. The molecule has 0 spiro atoms. The molecule has 0 aliphatic carbocycles. The van der Waals surface area contributed by atoms with Crippen molar-refractivity contribution in [2.45, 2.75) is 0 Å². The van der Waals surface area contributed by atoms with Crippen LogP contribution in [0.1, 0.15) is 0 Å². The molecule has 5 heteroatoms.